The fraction of sp³-hybridized carbons (Fsp3) is 0.167. The van der Waals surface area contributed by atoms with Gasteiger partial charge in [-0.3, -0.25) is 14.9 Å². The van der Waals surface area contributed by atoms with Crippen LogP contribution in [0.5, 0.6) is 11.5 Å². The average Bonchev–Trinajstić information content (AvgIpc) is 3.55. The highest BCUT2D eigenvalue weighted by atomic mass is 16.7. The Labute approximate surface area is 182 Å². The summed E-state index contributed by atoms with van der Waals surface area (Å²) in [5, 5.41) is 13.5. The first-order valence-corrected chi connectivity index (χ1v) is 10.4. The minimum atomic E-state index is -0.436. The van der Waals surface area contributed by atoms with Gasteiger partial charge in [0.05, 0.1) is 16.7 Å². The van der Waals surface area contributed by atoms with Gasteiger partial charge in [-0.05, 0) is 24.6 Å². The number of aliphatic hydroxyl groups excluding tert-OH is 1. The first-order chi connectivity index (χ1) is 15.7. The maximum atomic E-state index is 13.0. The molecule has 0 bridgehead atoms. The molecule has 6 rings (SSSR count). The second kappa shape index (κ2) is 7.00. The Hall–Kier alpha value is -4.04. The molecule has 0 atom stereocenters. The number of aromatic amines is 1. The molecule has 4 heterocycles. The second-order valence-corrected chi connectivity index (χ2v) is 7.79. The number of rotatable bonds is 5. The van der Waals surface area contributed by atoms with Gasteiger partial charge in [-0.25, -0.2) is 0 Å². The van der Waals surface area contributed by atoms with Crippen LogP contribution >= 0.6 is 0 Å². The van der Waals surface area contributed by atoms with Crippen LogP contribution in [0, 0.1) is 0 Å². The number of H-pyrrole nitrogens is 1. The van der Waals surface area contributed by atoms with E-state index in [2.05, 4.69) is 10.3 Å². The predicted octanol–water partition coefficient (Wildman–Crippen LogP) is 2.80. The molecule has 0 aliphatic carbocycles. The number of aliphatic hydroxyl groups is 1. The Bertz CT molecular complexity index is 1460. The van der Waals surface area contributed by atoms with Gasteiger partial charge in [-0.2, -0.15) is 0 Å². The number of hydrogen-bond donors (Lipinski definition) is 3. The lowest BCUT2D eigenvalue weighted by Crippen LogP contribution is -2.22. The highest BCUT2D eigenvalue weighted by molar-refractivity contribution is 6.50. The van der Waals surface area contributed by atoms with Crippen molar-refractivity contribution in [2.24, 2.45) is 0 Å². The number of aryl methyl sites for hydroxylation is 1. The number of carbonyl (C=O) groups excluding carboxylic acids is 2. The van der Waals surface area contributed by atoms with Crippen LogP contribution in [-0.2, 0) is 16.1 Å². The van der Waals surface area contributed by atoms with Crippen molar-refractivity contribution in [3.8, 4) is 11.5 Å². The van der Waals surface area contributed by atoms with Crippen LogP contribution in [0.15, 0.2) is 48.8 Å². The van der Waals surface area contributed by atoms with Crippen molar-refractivity contribution in [1.82, 2.24) is 14.9 Å². The molecule has 8 nitrogen and oxygen atoms in total. The lowest BCUT2D eigenvalue weighted by molar-refractivity contribution is -0.122. The van der Waals surface area contributed by atoms with Crippen molar-refractivity contribution in [1.29, 1.82) is 0 Å². The standard InChI is InChI=1S/C24H19N3O5/c28-9-3-8-27-11-16(14-6-7-18-22(21(14)27)32-12-31-18)20-19(23(29)26-24(20)30)15-10-25-17-5-2-1-4-13(15)17/h1-2,4-7,10-11,25,28H,3,8-9,12H2,(H,26,29,30). The second-order valence-electron chi connectivity index (χ2n) is 7.79. The van der Waals surface area contributed by atoms with Crippen molar-refractivity contribution < 1.29 is 24.2 Å². The van der Waals surface area contributed by atoms with E-state index in [0.717, 1.165) is 21.8 Å². The zero-order valence-electron chi connectivity index (χ0n) is 17.0. The van der Waals surface area contributed by atoms with E-state index in [0.29, 0.717) is 46.7 Å². The fourth-order valence-electron chi connectivity index (χ4n) is 4.61. The van der Waals surface area contributed by atoms with Crippen molar-refractivity contribution in [3.05, 3.63) is 59.9 Å². The minimum Gasteiger partial charge on any atom is -0.454 e. The van der Waals surface area contributed by atoms with Gasteiger partial charge in [0.25, 0.3) is 11.8 Å². The molecule has 2 aromatic heterocycles. The highest BCUT2D eigenvalue weighted by Crippen LogP contribution is 2.44. The number of fused-ring (bicyclic) bond motifs is 4. The highest BCUT2D eigenvalue weighted by Gasteiger charge is 2.36. The van der Waals surface area contributed by atoms with Crippen LogP contribution in [-0.4, -0.2) is 39.9 Å². The molecule has 0 saturated heterocycles. The van der Waals surface area contributed by atoms with Gasteiger partial charge in [-0.1, -0.05) is 18.2 Å². The Morgan fingerprint density at radius 1 is 0.969 bits per heavy atom. The lowest BCUT2D eigenvalue weighted by Gasteiger charge is -2.06. The van der Waals surface area contributed by atoms with Crippen molar-refractivity contribution in [2.45, 2.75) is 13.0 Å². The number of carbonyl (C=O) groups is 2. The molecular formula is C24H19N3O5. The molecular weight excluding hydrogens is 410 g/mol. The number of nitrogens with zero attached hydrogens (tertiary/aromatic N) is 1. The summed E-state index contributed by atoms with van der Waals surface area (Å²) in [4.78, 5) is 29.1. The van der Waals surface area contributed by atoms with Gasteiger partial charge in [0, 0.05) is 53.0 Å². The molecule has 32 heavy (non-hydrogen) atoms. The zero-order chi connectivity index (χ0) is 21.8. The Morgan fingerprint density at radius 2 is 1.78 bits per heavy atom. The van der Waals surface area contributed by atoms with Gasteiger partial charge >= 0.3 is 0 Å². The molecule has 0 spiro atoms. The first kappa shape index (κ1) is 18.7. The number of aromatic nitrogens is 2. The van der Waals surface area contributed by atoms with Crippen LogP contribution in [0.25, 0.3) is 33.0 Å². The molecule has 4 aromatic rings. The molecule has 0 fully saturated rings. The fourth-order valence-corrected chi connectivity index (χ4v) is 4.61. The first-order valence-electron chi connectivity index (χ1n) is 10.4. The molecule has 0 saturated carbocycles. The van der Waals surface area contributed by atoms with Crippen molar-refractivity contribution in [2.75, 3.05) is 13.4 Å². The summed E-state index contributed by atoms with van der Waals surface area (Å²) < 4.78 is 13.2. The topological polar surface area (TPSA) is 106 Å². The normalized spacial score (nSPS) is 15.4. The molecule has 2 aliphatic heterocycles. The molecule has 0 unspecified atom stereocenters. The van der Waals surface area contributed by atoms with Crippen LogP contribution in [0.1, 0.15) is 17.5 Å². The largest absolute Gasteiger partial charge is 0.454 e. The smallest absolute Gasteiger partial charge is 0.259 e. The summed E-state index contributed by atoms with van der Waals surface area (Å²) in [6, 6.07) is 11.3. The monoisotopic (exact) mass is 429 g/mol. The van der Waals surface area contributed by atoms with Crippen LogP contribution in [0.3, 0.4) is 0 Å². The Balaban J connectivity index is 1.65. The molecule has 8 heteroatoms. The van der Waals surface area contributed by atoms with Crippen LogP contribution in [0.4, 0.5) is 0 Å². The number of imide groups is 1. The summed E-state index contributed by atoms with van der Waals surface area (Å²) in [5.41, 5.74) is 3.64. The third kappa shape index (κ3) is 2.59. The van der Waals surface area contributed by atoms with Crippen molar-refractivity contribution in [3.63, 3.8) is 0 Å². The summed E-state index contributed by atoms with van der Waals surface area (Å²) in [6.45, 7) is 0.680. The number of amides is 2. The summed E-state index contributed by atoms with van der Waals surface area (Å²) in [6.07, 6.45) is 4.15. The number of ether oxygens (including phenoxy) is 2. The number of nitrogens with one attached hydrogen (secondary N) is 2. The van der Waals surface area contributed by atoms with Gasteiger partial charge < -0.3 is 24.1 Å². The summed E-state index contributed by atoms with van der Waals surface area (Å²) in [7, 11) is 0. The van der Waals surface area contributed by atoms with E-state index < -0.39 is 11.8 Å². The number of para-hydroxylation sites is 1. The Morgan fingerprint density at radius 3 is 2.62 bits per heavy atom. The maximum absolute atomic E-state index is 13.0. The van der Waals surface area contributed by atoms with Gasteiger partial charge in [0.2, 0.25) is 6.79 Å². The van der Waals surface area contributed by atoms with Crippen molar-refractivity contribution >= 4 is 44.8 Å². The van der Waals surface area contributed by atoms with Gasteiger partial charge in [0.1, 0.15) is 0 Å². The van der Waals surface area contributed by atoms with E-state index >= 15 is 0 Å². The molecule has 3 N–H and O–H groups in total. The Kier molecular flexibility index (Phi) is 4.09. The predicted molar refractivity (Wildman–Crippen MR) is 118 cm³/mol. The summed E-state index contributed by atoms with van der Waals surface area (Å²) >= 11 is 0. The van der Waals surface area contributed by atoms with E-state index in [9.17, 15) is 14.7 Å². The third-order valence-corrected chi connectivity index (χ3v) is 5.99. The quantitative estimate of drug-likeness (QED) is 0.423. The zero-order valence-corrected chi connectivity index (χ0v) is 17.0. The molecule has 2 aliphatic rings. The van der Waals surface area contributed by atoms with Gasteiger partial charge in [-0.15, -0.1) is 0 Å². The third-order valence-electron chi connectivity index (χ3n) is 5.99. The molecule has 0 radical (unpaired) electrons. The average molecular weight is 429 g/mol. The van der Waals surface area contributed by atoms with E-state index in [-0.39, 0.29) is 13.4 Å². The molecule has 2 amide bonds. The molecule has 160 valence electrons. The van der Waals surface area contributed by atoms with Gasteiger partial charge in [0.15, 0.2) is 11.5 Å². The van der Waals surface area contributed by atoms with Crippen LogP contribution < -0.4 is 14.8 Å². The summed E-state index contributed by atoms with van der Waals surface area (Å²) in [5.74, 6) is 0.372. The van der Waals surface area contributed by atoms with Crippen LogP contribution in [0.2, 0.25) is 0 Å². The van der Waals surface area contributed by atoms with E-state index in [1.165, 1.54) is 0 Å². The number of hydrogen-bond acceptors (Lipinski definition) is 5. The maximum Gasteiger partial charge on any atom is 0.259 e. The SMILES string of the molecule is O=C1NC(=O)C(c2cn(CCCO)c3c4c(ccc23)OCO4)=C1c1c[nH]c2ccccc12. The number of benzene rings is 2. The molecule has 2 aromatic carbocycles. The van der Waals surface area contributed by atoms with E-state index in [1.807, 2.05) is 47.2 Å². The van der Waals surface area contributed by atoms with E-state index in [4.69, 9.17) is 9.47 Å². The van der Waals surface area contributed by atoms with E-state index in [1.54, 1.807) is 6.20 Å². The minimum absolute atomic E-state index is 0.0314. The lowest BCUT2D eigenvalue weighted by atomic mass is 9.95.